The van der Waals surface area contributed by atoms with Gasteiger partial charge in [0, 0.05) is 17.4 Å². The first kappa shape index (κ1) is 11.6. The standard InChI is InChI=1S/C13H15ClO2/c14-11-7-3-1-5-9(11)13(16)10-6-2-4-8-12(10)15/h1,3,5,7,10,13,16H,2,4,6,8H2/t10-,13-/m1/s1. The van der Waals surface area contributed by atoms with Gasteiger partial charge in [-0.15, -0.1) is 0 Å². The highest BCUT2D eigenvalue weighted by atomic mass is 35.5. The van der Waals surface area contributed by atoms with E-state index in [1.165, 1.54) is 0 Å². The molecule has 0 radical (unpaired) electrons. The first-order chi connectivity index (χ1) is 7.70. The van der Waals surface area contributed by atoms with Gasteiger partial charge in [-0.1, -0.05) is 36.2 Å². The van der Waals surface area contributed by atoms with Crippen LogP contribution in [-0.4, -0.2) is 10.9 Å². The number of benzene rings is 1. The zero-order valence-electron chi connectivity index (χ0n) is 9.03. The van der Waals surface area contributed by atoms with Crippen molar-refractivity contribution in [2.75, 3.05) is 0 Å². The van der Waals surface area contributed by atoms with Gasteiger partial charge in [-0.3, -0.25) is 4.79 Å². The molecule has 0 unspecified atom stereocenters. The van der Waals surface area contributed by atoms with Gasteiger partial charge in [0.1, 0.15) is 5.78 Å². The number of ketones is 1. The van der Waals surface area contributed by atoms with E-state index in [9.17, 15) is 9.90 Å². The number of hydrogen-bond acceptors (Lipinski definition) is 2. The molecule has 2 nitrogen and oxygen atoms in total. The van der Waals surface area contributed by atoms with Crippen molar-refractivity contribution in [1.82, 2.24) is 0 Å². The van der Waals surface area contributed by atoms with Crippen molar-refractivity contribution in [3.05, 3.63) is 34.9 Å². The average molecular weight is 239 g/mol. The van der Waals surface area contributed by atoms with Crippen LogP contribution in [0.15, 0.2) is 24.3 Å². The van der Waals surface area contributed by atoms with Gasteiger partial charge in [-0.05, 0) is 24.5 Å². The second-order valence-corrected chi connectivity index (χ2v) is 4.69. The van der Waals surface area contributed by atoms with E-state index in [2.05, 4.69) is 0 Å². The minimum atomic E-state index is -0.749. The number of rotatable bonds is 2. The molecule has 3 heteroatoms. The first-order valence-corrected chi connectivity index (χ1v) is 6.03. The second-order valence-electron chi connectivity index (χ2n) is 4.28. The largest absolute Gasteiger partial charge is 0.388 e. The monoisotopic (exact) mass is 238 g/mol. The molecule has 0 aromatic heterocycles. The molecule has 2 rings (SSSR count). The summed E-state index contributed by atoms with van der Waals surface area (Å²) in [6, 6.07) is 7.18. The van der Waals surface area contributed by atoms with Crippen LogP contribution in [0.5, 0.6) is 0 Å². The number of carbonyl (C=O) groups is 1. The maximum atomic E-state index is 11.7. The smallest absolute Gasteiger partial charge is 0.138 e. The van der Waals surface area contributed by atoms with Crippen LogP contribution in [0.4, 0.5) is 0 Å². The van der Waals surface area contributed by atoms with E-state index in [4.69, 9.17) is 11.6 Å². The third-order valence-electron chi connectivity index (χ3n) is 3.21. The van der Waals surface area contributed by atoms with Crippen molar-refractivity contribution in [1.29, 1.82) is 0 Å². The Balaban J connectivity index is 2.21. The molecule has 1 fully saturated rings. The van der Waals surface area contributed by atoms with Gasteiger partial charge in [0.25, 0.3) is 0 Å². The fourth-order valence-electron chi connectivity index (χ4n) is 2.28. The summed E-state index contributed by atoms with van der Waals surface area (Å²) in [5.74, 6) is -0.104. The van der Waals surface area contributed by atoms with E-state index in [1.54, 1.807) is 12.1 Å². The molecule has 1 saturated carbocycles. The SMILES string of the molecule is O=C1CCCC[C@H]1[C@H](O)c1ccccc1Cl. The van der Waals surface area contributed by atoms with Gasteiger partial charge in [0.15, 0.2) is 0 Å². The predicted octanol–water partition coefficient (Wildman–Crippen LogP) is 3.13. The molecule has 1 N–H and O–H groups in total. The summed E-state index contributed by atoms with van der Waals surface area (Å²) >= 11 is 6.01. The Morgan fingerprint density at radius 3 is 2.75 bits per heavy atom. The topological polar surface area (TPSA) is 37.3 Å². The van der Waals surface area contributed by atoms with Gasteiger partial charge in [0.05, 0.1) is 6.10 Å². The molecular weight excluding hydrogens is 224 g/mol. The summed E-state index contributed by atoms with van der Waals surface area (Å²) in [5.41, 5.74) is 0.671. The zero-order valence-corrected chi connectivity index (χ0v) is 9.78. The van der Waals surface area contributed by atoms with E-state index in [1.807, 2.05) is 12.1 Å². The van der Waals surface area contributed by atoms with Crippen LogP contribution in [0.3, 0.4) is 0 Å². The second kappa shape index (κ2) is 4.98. The fraction of sp³-hybridized carbons (Fsp3) is 0.462. The van der Waals surface area contributed by atoms with Crippen LogP contribution in [0.2, 0.25) is 5.02 Å². The predicted molar refractivity (Wildman–Crippen MR) is 63.4 cm³/mol. The van der Waals surface area contributed by atoms with Crippen LogP contribution in [0.1, 0.15) is 37.4 Å². The Bertz CT molecular complexity index is 389. The average Bonchev–Trinajstić information content (AvgIpc) is 2.29. The van der Waals surface area contributed by atoms with Crippen molar-refractivity contribution < 1.29 is 9.90 Å². The molecule has 16 heavy (non-hydrogen) atoms. The van der Waals surface area contributed by atoms with Crippen LogP contribution < -0.4 is 0 Å². The number of halogens is 1. The lowest BCUT2D eigenvalue weighted by molar-refractivity contribution is -0.128. The Morgan fingerprint density at radius 2 is 2.06 bits per heavy atom. The van der Waals surface area contributed by atoms with Crippen LogP contribution in [-0.2, 0) is 4.79 Å². The van der Waals surface area contributed by atoms with Crippen LogP contribution in [0.25, 0.3) is 0 Å². The summed E-state index contributed by atoms with van der Waals surface area (Å²) in [6.07, 6.45) is 2.57. The first-order valence-electron chi connectivity index (χ1n) is 5.65. The van der Waals surface area contributed by atoms with Crippen LogP contribution >= 0.6 is 11.6 Å². The van der Waals surface area contributed by atoms with Gasteiger partial charge in [-0.2, -0.15) is 0 Å². The Hall–Kier alpha value is -0.860. The molecule has 86 valence electrons. The molecule has 0 heterocycles. The summed E-state index contributed by atoms with van der Waals surface area (Å²) in [5, 5.41) is 10.7. The van der Waals surface area contributed by atoms with Gasteiger partial charge >= 0.3 is 0 Å². The number of carbonyl (C=O) groups excluding carboxylic acids is 1. The van der Waals surface area contributed by atoms with Gasteiger partial charge in [0.2, 0.25) is 0 Å². The maximum Gasteiger partial charge on any atom is 0.138 e. The summed E-state index contributed by atoms with van der Waals surface area (Å²) < 4.78 is 0. The Kier molecular flexibility index (Phi) is 3.62. The molecule has 1 aliphatic rings. The van der Waals surface area contributed by atoms with Crippen molar-refractivity contribution >= 4 is 17.4 Å². The van der Waals surface area contributed by atoms with Gasteiger partial charge < -0.3 is 5.11 Å². The van der Waals surface area contributed by atoms with Gasteiger partial charge in [-0.25, -0.2) is 0 Å². The number of aliphatic hydroxyl groups is 1. The van der Waals surface area contributed by atoms with E-state index in [0.29, 0.717) is 17.0 Å². The molecular formula is C13H15ClO2. The van der Waals surface area contributed by atoms with E-state index in [-0.39, 0.29) is 11.7 Å². The van der Waals surface area contributed by atoms with Crippen LogP contribution in [0, 0.1) is 5.92 Å². The van der Waals surface area contributed by atoms with E-state index >= 15 is 0 Å². The molecule has 0 bridgehead atoms. The van der Waals surface area contributed by atoms with Crippen molar-refractivity contribution in [2.45, 2.75) is 31.8 Å². The maximum absolute atomic E-state index is 11.7. The van der Waals surface area contributed by atoms with Crippen molar-refractivity contribution in [3.63, 3.8) is 0 Å². The molecule has 0 amide bonds. The molecule has 2 atom stereocenters. The summed E-state index contributed by atoms with van der Waals surface area (Å²) in [7, 11) is 0. The molecule has 1 aromatic carbocycles. The molecule has 1 aliphatic carbocycles. The summed E-state index contributed by atoms with van der Waals surface area (Å²) in [6.45, 7) is 0. The normalized spacial score (nSPS) is 23.1. The molecule has 0 spiro atoms. The number of aliphatic hydroxyl groups excluding tert-OH is 1. The third kappa shape index (κ3) is 2.28. The minimum absolute atomic E-state index is 0.165. The van der Waals surface area contributed by atoms with E-state index < -0.39 is 6.10 Å². The lowest BCUT2D eigenvalue weighted by atomic mass is 9.82. The number of Topliss-reactive ketones (excluding diaryl/α,β-unsaturated/α-hetero) is 1. The highest BCUT2D eigenvalue weighted by molar-refractivity contribution is 6.31. The third-order valence-corrected chi connectivity index (χ3v) is 3.55. The Morgan fingerprint density at radius 1 is 1.31 bits per heavy atom. The molecule has 0 aliphatic heterocycles. The minimum Gasteiger partial charge on any atom is -0.388 e. The summed E-state index contributed by atoms with van der Waals surface area (Å²) in [4.78, 5) is 11.7. The quantitative estimate of drug-likeness (QED) is 0.860. The van der Waals surface area contributed by atoms with E-state index in [0.717, 1.165) is 19.3 Å². The lowest BCUT2D eigenvalue weighted by Gasteiger charge is -2.26. The number of hydrogen-bond donors (Lipinski definition) is 1. The Labute approximate surface area is 100 Å². The van der Waals surface area contributed by atoms with Crippen molar-refractivity contribution in [2.24, 2.45) is 5.92 Å². The molecule has 1 aromatic rings. The zero-order chi connectivity index (χ0) is 11.5. The highest BCUT2D eigenvalue weighted by Crippen LogP contribution is 2.34. The highest BCUT2D eigenvalue weighted by Gasteiger charge is 2.30. The molecule has 0 saturated heterocycles. The lowest BCUT2D eigenvalue weighted by Crippen LogP contribution is -2.25. The fourth-order valence-corrected chi connectivity index (χ4v) is 2.52. The van der Waals surface area contributed by atoms with Crippen molar-refractivity contribution in [3.8, 4) is 0 Å².